The Morgan fingerprint density at radius 2 is 1.58 bits per heavy atom. The van der Waals surface area contributed by atoms with Crippen LogP contribution in [-0.4, -0.2) is 41.3 Å². The first-order valence-corrected chi connectivity index (χ1v) is 8.87. The molecule has 2 aromatic rings. The summed E-state index contributed by atoms with van der Waals surface area (Å²) in [6, 6.07) is 15.3. The van der Waals surface area contributed by atoms with Crippen molar-refractivity contribution >= 4 is 22.7 Å². The van der Waals surface area contributed by atoms with Crippen LogP contribution in [0.5, 0.6) is 0 Å². The molecular weight excluding hydrogens is 326 g/mol. The van der Waals surface area contributed by atoms with E-state index in [1.807, 2.05) is 6.07 Å². The molecule has 2 aromatic carbocycles. The molecule has 24 heavy (non-hydrogen) atoms. The van der Waals surface area contributed by atoms with Crippen LogP contribution in [0.2, 0.25) is 0 Å². The Balaban J connectivity index is 2.35. The summed E-state index contributed by atoms with van der Waals surface area (Å²) in [6.45, 7) is 0. The van der Waals surface area contributed by atoms with Crippen molar-refractivity contribution in [3.05, 3.63) is 65.7 Å². The maximum atomic E-state index is 12.6. The lowest BCUT2D eigenvalue weighted by atomic mass is 10.1. The number of likely N-dealkylation sites (N-methyl/N-ethyl adjacent to an activating group) is 1. The van der Waals surface area contributed by atoms with E-state index in [1.54, 1.807) is 62.6 Å². The maximum Gasteiger partial charge on any atom is 0.340 e. The highest BCUT2D eigenvalue weighted by Gasteiger charge is 2.28. The van der Waals surface area contributed by atoms with Gasteiger partial charge in [0, 0.05) is 25.9 Å². The SMILES string of the molecule is CN(C)C(=O)[C@H](OC(=O)c1ccccc1[S@](C)=O)c1ccccc1. The van der Waals surface area contributed by atoms with Crippen LogP contribution in [0.1, 0.15) is 22.0 Å². The molecule has 0 saturated carbocycles. The molecule has 0 radical (unpaired) electrons. The van der Waals surface area contributed by atoms with Crippen molar-refractivity contribution in [1.82, 2.24) is 4.90 Å². The first-order valence-electron chi connectivity index (χ1n) is 7.31. The molecule has 126 valence electrons. The highest BCUT2D eigenvalue weighted by atomic mass is 32.2. The van der Waals surface area contributed by atoms with Crippen LogP contribution in [-0.2, 0) is 20.3 Å². The van der Waals surface area contributed by atoms with Crippen molar-refractivity contribution in [2.24, 2.45) is 0 Å². The molecule has 0 unspecified atom stereocenters. The molecule has 0 bridgehead atoms. The van der Waals surface area contributed by atoms with E-state index in [-0.39, 0.29) is 11.5 Å². The summed E-state index contributed by atoms with van der Waals surface area (Å²) in [7, 11) is 1.86. The fourth-order valence-electron chi connectivity index (χ4n) is 2.18. The van der Waals surface area contributed by atoms with Gasteiger partial charge in [-0.05, 0) is 12.1 Å². The van der Waals surface area contributed by atoms with Gasteiger partial charge in [0.1, 0.15) is 0 Å². The number of nitrogens with zero attached hydrogens (tertiary/aromatic N) is 1. The van der Waals surface area contributed by atoms with E-state index in [4.69, 9.17) is 4.74 Å². The third-order valence-corrected chi connectivity index (χ3v) is 4.38. The van der Waals surface area contributed by atoms with Crippen LogP contribution in [0, 0.1) is 0 Å². The Hall–Kier alpha value is -2.47. The van der Waals surface area contributed by atoms with Gasteiger partial charge in [0.25, 0.3) is 5.91 Å². The monoisotopic (exact) mass is 345 g/mol. The number of ether oxygens (including phenoxy) is 1. The molecule has 0 heterocycles. The molecule has 0 spiro atoms. The average molecular weight is 345 g/mol. The Bertz CT molecular complexity index is 759. The van der Waals surface area contributed by atoms with E-state index in [2.05, 4.69) is 0 Å². The fraction of sp³-hybridized carbons (Fsp3) is 0.222. The van der Waals surface area contributed by atoms with E-state index in [0.29, 0.717) is 10.5 Å². The minimum absolute atomic E-state index is 0.200. The van der Waals surface area contributed by atoms with Crippen LogP contribution in [0.4, 0.5) is 0 Å². The number of rotatable bonds is 5. The molecule has 0 aliphatic rings. The first kappa shape index (κ1) is 17.9. The second-order valence-electron chi connectivity index (χ2n) is 5.38. The van der Waals surface area contributed by atoms with Crippen molar-refractivity contribution < 1.29 is 18.5 Å². The Morgan fingerprint density at radius 3 is 2.17 bits per heavy atom. The normalized spacial score (nSPS) is 13.0. The summed E-state index contributed by atoms with van der Waals surface area (Å²) in [4.78, 5) is 26.7. The Kier molecular flexibility index (Phi) is 5.87. The van der Waals surface area contributed by atoms with Gasteiger partial charge in [0.2, 0.25) is 6.10 Å². The van der Waals surface area contributed by atoms with E-state index in [9.17, 15) is 13.8 Å². The number of amides is 1. The molecule has 6 heteroatoms. The minimum Gasteiger partial charge on any atom is -0.444 e. The number of hydrogen-bond donors (Lipinski definition) is 0. The number of hydrogen-bond acceptors (Lipinski definition) is 4. The predicted octanol–water partition coefficient (Wildman–Crippen LogP) is 2.41. The van der Waals surface area contributed by atoms with Gasteiger partial charge < -0.3 is 9.64 Å². The van der Waals surface area contributed by atoms with Gasteiger partial charge >= 0.3 is 5.97 Å². The van der Waals surface area contributed by atoms with E-state index < -0.39 is 22.9 Å². The number of carbonyl (C=O) groups is 2. The lowest BCUT2D eigenvalue weighted by Gasteiger charge is -2.21. The van der Waals surface area contributed by atoms with Crippen LogP contribution in [0.3, 0.4) is 0 Å². The smallest absolute Gasteiger partial charge is 0.340 e. The summed E-state index contributed by atoms with van der Waals surface area (Å²) >= 11 is 0. The van der Waals surface area contributed by atoms with Gasteiger partial charge in [-0.1, -0.05) is 42.5 Å². The summed E-state index contributed by atoms with van der Waals surface area (Å²) in [5, 5.41) is 0. The fourth-order valence-corrected chi connectivity index (χ4v) is 2.91. The average Bonchev–Trinajstić information content (AvgIpc) is 2.59. The van der Waals surface area contributed by atoms with Crippen LogP contribution in [0.25, 0.3) is 0 Å². The summed E-state index contributed by atoms with van der Waals surface area (Å²) < 4.78 is 17.3. The van der Waals surface area contributed by atoms with Gasteiger partial charge in [-0.3, -0.25) is 9.00 Å². The third-order valence-electron chi connectivity index (χ3n) is 3.41. The summed E-state index contributed by atoms with van der Waals surface area (Å²) in [5.41, 5.74) is 0.783. The topological polar surface area (TPSA) is 63.7 Å². The quantitative estimate of drug-likeness (QED) is 0.781. The van der Waals surface area contributed by atoms with Gasteiger partial charge in [0.05, 0.1) is 21.3 Å². The molecule has 0 aliphatic heterocycles. The lowest BCUT2D eigenvalue weighted by Crippen LogP contribution is -2.31. The number of carbonyl (C=O) groups excluding carboxylic acids is 2. The van der Waals surface area contributed by atoms with Crippen LogP contribution in [0.15, 0.2) is 59.5 Å². The van der Waals surface area contributed by atoms with Crippen LogP contribution < -0.4 is 0 Å². The molecule has 1 amide bonds. The number of esters is 1. The lowest BCUT2D eigenvalue weighted by molar-refractivity contribution is -0.138. The van der Waals surface area contributed by atoms with E-state index >= 15 is 0 Å². The second kappa shape index (κ2) is 7.88. The summed E-state index contributed by atoms with van der Waals surface area (Å²) in [5.74, 6) is -1.02. The molecule has 2 rings (SSSR count). The van der Waals surface area contributed by atoms with Crippen LogP contribution >= 0.6 is 0 Å². The largest absolute Gasteiger partial charge is 0.444 e. The van der Waals surface area contributed by atoms with E-state index in [1.165, 1.54) is 11.2 Å². The predicted molar refractivity (Wildman–Crippen MR) is 92.1 cm³/mol. The molecular formula is C18H19NO4S. The zero-order valence-electron chi connectivity index (χ0n) is 13.8. The Labute approximate surface area is 143 Å². The summed E-state index contributed by atoms with van der Waals surface area (Å²) in [6.07, 6.45) is 0.443. The molecule has 0 fully saturated rings. The van der Waals surface area contributed by atoms with Gasteiger partial charge in [-0.2, -0.15) is 0 Å². The molecule has 0 aromatic heterocycles. The Morgan fingerprint density at radius 1 is 1.00 bits per heavy atom. The maximum absolute atomic E-state index is 12.6. The van der Waals surface area contributed by atoms with Crippen molar-refractivity contribution in [1.29, 1.82) is 0 Å². The van der Waals surface area contributed by atoms with Crippen molar-refractivity contribution in [2.75, 3.05) is 20.4 Å². The highest BCUT2D eigenvalue weighted by molar-refractivity contribution is 7.84. The van der Waals surface area contributed by atoms with Gasteiger partial charge in [-0.25, -0.2) is 4.79 Å². The third kappa shape index (κ3) is 4.08. The molecule has 0 N–H and O–H groups in total. The molecule has 2 atom stereocenters. The van der Waals surface area contributed by atoms with Crippen molar-refractivity contribution in [3.63, 3.8) is 0 Å². The number of benzene rings is 2. The van der Waals surface area contributed by atoms with E-state index in [0.717, 1.165) is 0 Å². The standard InChI is InChI=1S/C18H19NO4S/c1-19(2)17(20)16(13-9-5-4-6-10-13)23-18(21)14-11-7-8-12-15(14)24(3)22/h4-12,16H,1-3H3/t16-,24+/m1/s1. The van der Waals surface area contributed by atoms with Gasteiger partial charge in [0.15, 0.2) is 0 Å². The zero-order valence-corrected chi connectivity index (χ0v) is 14.6. The van der Waals surface area contributed by atoms with Crippen molar-refractivity contribution in [3.8, 4) is 0 Å². The molecule has 0 aliphatic carbocycles. The van der Waals surface area contributed by atoms with Crippen molar-refractivity contribution in [2.45, 2.75) is 11.0 Å². The molecule has 0 saturated heterocycles. The minimum atomic E-state index is -1.34. The second-order valence-corrected chi connectivity index (χ2v) is 6.73. The highest BCUT2D eigenvalue weighted by Crippen LogP contribution is 2.23. The first-order chi connectivity index (χ1) is 11.4. The zero-order chi connectivity index (χ0) is 17.7. The van der Waals surface area contributed by atoms with Gasteiger partial charge in [-0.15, -0.1) is 0 Å². The molecule has 5 nitrogen and oxygen atoms in total.